The number of likely N-dealkylation sites (tertiary alicyclic amines) is 1. The molecule has 0 aromatic heterocycles. The number of carbonyl (C=O) groups excluding carboxylic acids is 1. The summed E-state index contributed by atoms with van der Waals surface area (Å²) in [5.74, 6) is -2.07. The number of nitrogens with zero attached hydrogens (tertiary/aromatic N) is 1. The number of halogens is 2. The molecule has 1 saturated heterocycles. The van der Waals surface area contributed by atoms with Gasteiger partial charge in [0.2, 0.25) is 5.91 Å². The third-order valence-electron chi connectivity index (χ3n) is 7.78. The Hall–Kier alpha value is -2.09. The Kier molecular flexibility index (Phi) is 8.91. The number of carbonyl (C=O) groups is 2. The standard InChI is InChI=1S/C30H39Cl2NO5S/c1-28(2,3)24(18-39(37,38)29(4,5)6)33-26(19-11-13-21(31)14-12-19)23(20-9-8-10-22(32)15-20)16-30(7,27(33)36)17-25(34)35/h8-15,23-24,26H,16-18H2,1-7H3,(H,34,35)/t23-,24?,26-,30-/m1/s1. The summed E-state index contributed by atoms with van der Waals surface area (Å²) in [5.41, 5.74) is -0.282. The van der Waals surface area contributed by atoms with Gasteiger partial charge in [-0.05, 0) is 68.0 Å². The Morgan fingerprint density at radius 1 is 1.03 bits per heavy atom. The summed E-state index contributed by atoms with van der Waals surface area (Å²) in [6.07, 6.45) is -0.124. The molecule has 1 fully saturated rings. The van der Waals surface area contributed by atoms with Crippen molar-refractivity contribution >= 4 is 44.9 Å². The van der Waals surface area contributed by atoms with Crippen molar-refractivity contribution in [1.82, 2.24) is 4.90 Å². The summed E-state index contributed by atoms with van der Waals surface area (Å²) in [5, 5.41) is 10.9. The van der Waals surface area contributed by atoms with Gasteiger partial charge in [0.25, 0.3) is 0 Å². The number of carboxylic acid groups (broad SMARTS) is 1. The highest BCUT2D eigenvalue weighted by atomic mass is 35.5. The quantitative estimate of drug-likeness (QED) is 0.366. The molecule has 39 heavy (non-hydrogen) atoms. The third kappa shape index (κ3) is 6.80. The first-order chi connectivity index (χ1) is 17.8. The maximum Gasteiger partial charge on any atom is 0.304 e. The number of piperidine rings is 1. The van der Waals surface area contributed by atoms with Gasteiger partial charge in [-0.2, -0.15) is 0 Å². The number of aliphatic carboxylic acids is 1. The molecule has 2 aromatic carbocycles. The fourth-order valence-corrected chi connectivity index (χ4v) is 7.33. The van der Waals surface area contributed by atoms with Gasteiger partial charge in [-0.3, -0.25) is 9.59 Å². The number of amides is 1. The molecule has 1 heterocycles. The van der Waals surface area contributed by atoms with Gasteiger partial charge in [0.15, 0.2) is 9.84 Å². The molecule has 3 rings (SSSR count). The Labute approximate surface area is 242 Å². The molecule has 0 aliphatic carbocycles. The van der Waals surface area contributed by atoms with Crippen LogP contribution in [-0.2, 0) is 19.4 Å². The van der Waals surface area contributed by atoms with E-state index >= 15 is 0 Å². The summed E-state index contributed by atoms with van der Waals surface area (Å²) in [7, 11) is -3.67. The minimum absolute atomic E-state index is 0.255. The monoisotopic (exact) mass is 595 g/mol. The normalized spacial score (nSPS) is 23.5. The second-order valence-corrected chi connectivity index (χ2v) is 16.6. The Bertz CT molecular complexity index is 1330. The zero-order chi connectivity index (χ0) is 29.6. The van der Waals surface area contributed by atoms with E-state index in [0.29, 0.717) is 10.0 Å². The lowest BCUT2D eigenvalue weighted by Crippen LogP contribution is -2.61. The predicted molar refractivity (Wildman–Crippen MR) is 157 cm³/mol. The number of benzene rings is 2. The Morgan fingerprint density at radius 3 is 2.10 bits per heavy atom. The molecule has 6 nitrogen and oxygen atoms in total. The Morgan fingerprint density at radius 2 is 1.62 bits per heavy atom. The van der Waals surface area contributed by atoms with Crippen molar-refractivity contribution in [3.8, 4) is 0 Å². The lowest BCUT2D eigenvalue weighted by Gasteiger charge is -2.54. The average molecular weight is 597 g/mol. The zero-order valence-corrected chi connectivity index (χ0v) is 26.0. The summed E-state index contributed by atoms with van der Waals surface area (Å²) in [6.45, 7) is 12.4. The van der Waals surface area contributed by atoms with E-state index in [1.807, 2.05) is 51.1 Å². The van der Waals surface area contributed by atoms with Crippen LogP contribution >= 0.6 is 23.2 Å². The third-order valence-corrected chi connectivity index (χ3v) is 10.9. The smallest absolute Gasteiger partial charge is 0.304 e. The number of hydrogen-bond acceptors (Lipinski definition) is 4. The van der Waals surface area contributed by atoms with E-state index < -0.39 is 43.5 Å². The summed E-state index contributed by atoms with van der Waals surface area (Å²) < 4.78 is 26.2. The van der Waals surface area contributed by atoms with Crippen LogP contribution in [0.4, 0.5) is 0 Å². The topological polar surface area (TPSA) is 91.8 Å². The molecule has 1 N–H and O–H groups in total. The number of rotatable bonds is 7. The number of carboxylic acids is 1. The predicted octanol–water partition coefficient (Wildman–Crippen LogP) is 7.16. The van der Waals surface area contributed by atoms with Crippen molar-refractivity contribution in [2.24, 2.45) is 10.8 Å². The summed E-state index contributed by atoms with van der Waals surface area (Å²) in [4.78, 5) is 28.2. The minimum atomic E-state index is -3.67. The van der Waals surface area contributed by atoms with Gasteiger partial charge >= 0.3 is 5.97 Å². The van der Waals surface area contributed by atoms with Gasteiger partial charge in [-0.25, -0.2) is 8.42 Å². The zero-order valence-electron chi connectivity index (χ0n) is 23.7. The molecule has 4 atom stereocenters. The highest BCUT2D eigenvalue weighted by Crippen LogP contribution is 2.53. The molecule has 0 saturated carbocycles. The fourth-order valence-electron chi connectivity index (χ4n) is 5.43. The van der Waals surface area contributed by atoms with Gasteiger partial charge in [-0.1, -0.05) is 75.2 Å². The van der Waals surface area contributed by atoms with E-state index in [0.717, 1.165) is 11.1 Å². The first-order valence-electron chi connectivity index (χ1n) is 13.0. The van der Waals surface area contributed by atoms with Gasteiger partial charge < -0.3 is 10.0 Å². The lowest BCUT2D eigenvalue weighted by atomic mass is 9.66. The summed E-state index contributed by atoms with van der Waals surface area (Å²) in [6, 6.07) is 13.2. The van der Waals surface area contributed by atoms with E-state index in [9.17, 15) is 23.1 Å². The SMILES string of the molecule is CC(C)(C)C(CS(=O)(=O)C(C)(C)C)N1C(=O)[C@@](C)(CC(=O)O)C[C@H](c2cccc(Cl)c2)[C@H]1c1ccc(Cl)cc1. The highest BCUT2D eigenvalue weighted by Gasteiger charge is 2.55. The molecule has 214 valence electrons. The van der Waals surface area contributed by atoms with E-state index in [1.165, 1.54) is 0 Å². The van der Waals surface area contributed by atoms with Crippen LogP contribution in [0, 0.1) is 10.8 Å². The van der Waals surface area contributed by atoms with Gasteiger partial charge in [0.05, 0.1) is 34.4 Å². The van der Waals surface area contributed by atoms with E-state index in [4.69, 9.17) is 23.2 Å². The van der Waals surface area contributed by atoms with Crippen molar-refractivity contribution < 1.29 is 23.1 Å². The van der Waals surface area contributed by atoms with Crippen molar-refractivity contribution in [1.29, 1.82) is 0 Å². The summed E-state index contributed by atoms with van der Waals surface area (Å²) >= 11 is 12.6. The Balaban J connectivity index is 2.36. The van der Waals surface area contributed by atoms with Crippen LogP contribution in [0.2, 0.25) is 10.0 Å². The van der Waals surface area contributed by atoms with E-state index in [-0.39, 0.29) is 30.4 Å². The lowest BCUT2D eigenvalue weighted by molar-refractivity contribution is -0.162. The fraction of sp³-hybridized carbons (Fsp3) is 0.533. The molecular formula is C30H39Cl2NO5S. The second-order valence-electron chi connectivity index (χ2n) is 13.0. The van der Waals surface area contributed by atoms with Crippen LogP contribution in [-0.4, -0.2) is 46.8 Å². The van der Waals surface area contributed by atoms with Crippen LogP contribution in [0.25, 0.3) is 0 Å². The molecule has 1 unspecified atom stereocenters. The molecule has 0 bridgehead atoms. The van der Waals surface area contributed by atoms with Crippen LogP contribution < -0.4 is 0 Å². The average Bonchev–Trinajstić information content (AvgIpc) is 2.78. The first-order valence-corrected chi connectivity index (χ1v) is 15.5. The molecule has 1 aliphatic heterocycles. The largest absolute Gasteiger partial charge is 0.481 e. The van der Waals surface area contributed by atoms with Gasteiger partial charge in [0.1, 0.15) is 0 Å². The first kappa shape index (κ1) is 31.4. The maximum absolute atomic E-state index is 14.5. The van der Waals surface area contributed by atoms with Crippen molar-refractivity contribution in [2.45, 2.75) is 84.1 Å². The van der Waals surface area contributed by atoms with Crippen LogP contribution in [0.1, 0.15) is 84.4 Å². The highest BCUT2D eigenvalue weighted by molar-refractivity contribution is 7.92. The molecular weight excluding hydrogens is 557 g/mol. The van der Waals surface area contributed by atoms with Crippen LogP contribution in [0.5, 0.6) is 0 Å². The van der Waals surface area contributed by atoms with Crippen molar-refractivity contribution in [3.63, 3.8) is 0 Å². The molecule has 0 radical (unpaired) electrons. The van der Waals surface area contributed by atoms with Crippen LogP contribution in [0.15, 0.2) is 48.5 Å². The maximum atomic E-state index is 14.5. The number of sulfone groups is 1. The molecule has 1 aliphatic rings. The van der Waals surface area contributed by atoms with Gasteiger partial charge in [0, 0.05) is 16.0 Å². The molecule has 1 amide bonds. The van der Waals surface area contributed by atoms with E-state index in [2.05, 4.69) is 0 Å². The van der Waals surface area contributed by atoms with Crippen molar-refractivity contribution in [3.05, 3.63) is 69.7 Å². The van der Waals surface area contributed by atoms with Gasteiger partial charge in [-0.15, -0.1) is 0 Å². The number of hydrogen-bond donors (Lipinski definition) is 1. The minimum Gasteiger partial charge on any atom is -0.481 e. The van der Waals surface area contributed by atoms with Crippen molar-refractivity contribution in [2.75, 3.05) is 5.75 Å². The van der Waals surface area contributed by atoms with E-state index in [1.54, 1.807) is 50.8 Å². The van der Waals surface area contributed by atoms with Crippen LogP contribution in [0.3, 0.4) is 0 Å². The molecule has 0 spiro atoms. The molecule has 9 heteroatoms. The molecule has 2 aromatic rings. The second kappa shape index (κ2) is 11.1.